The maximum atomic E-state index is 13.2. The molecular formula is C23H16N3O4S-. The van der Waals surface area contributed by atoms with E-state index in [1.807, 2.05) is 13.0 Å². The van der Waals surface area contributed by atoms with Crippen molar-refractivity contribution in [2.75, 3.05) is 4.90 Å². The van der Waals surface area contributed by atoms with Gasteiger partial charge in [-0.15, -0.1) is 0 Å². The predicted octanol–water partition coefficient (Wildman–Crippen LogP) is 1.98. The molecule has 2 aromatic carbocycles. The van der Waals surface area contributed by atoms with Crippen molar-refractivity contribution in [3.05, 3.63) is 89.3 Å². The Hall–Kier alpha value is -4.04. The molecular weight excluding hydrogens is 414 g/mol. The van der Waals surface area contributed by atoms with Gasteiger partial charge >= 0.3 is 0 Å². The maximum absolute atomic E-state index is 13.2. The Morgan fingerprint density at radius 3 is 2.52 bits per heavy atom. The molecule has 0 bridgehead atoms. The van der Waals surface area contributed by atoms with Gasteiger partial charge in [0.05, 0.1) is 11.7 Å². The number of rotatable bonds is 4. The van der Waals surface area contributed by atoms with Crippen LogP contribution >= 0.6 is 12.2 Å². The minimum absolute atomic E-state index is 0.00907. The fourth-order valence-electron chi connectivity index (χ4n) is 3.34. The number of carboxylic acids is 1. The third-order valence-corrected chi connectivity index (χ3v) is 5.08. The summed E-state index contributed by atoms with van der Waals surface area (Å²) in [6.45, 7) is 1.89. The Bertz CT molecular complexity index is 1280. The highest BCUT2D eigenvalue weighted by molar-refractivity contribution is 7.80. The zero-order valence-electron chi connectivity index (χ0n) is 16.4. The summed E-state index contributed by atoms with van der Waals surface area (Å²) < 4.78 is 1.67. The van der Waals surface area contributed by atoms with Crippen LogP contribution in [0.3, 0.4) is 0 Å². The molecule has 1 saturated heterocycles. The number of nitrogens with one attached hydrogen (secondary N) is 1. The number of aryl methyl sites for hydroxylation is 1. The minimum atomic E-state index is -1.29. The molecule has 0 unspecified atom stereocenters. The summed E-state index contributed by atoms with van der Waals surface area (Å²) in [4.78, 5) is 38.2. The van der Waals surface area contributed by atoms with E-state index in [1.165, 1.54) is 23.1 Å². The van der Waals surface area contributed by atoms with Gasteiger partial charge in [-0.25, -0.2) is 0 Å². The first kappa shape index (κ1) is 20.2. The summed E-state index contributed by atoms with van der Waals surface area (Å²) in [6.07, 6.45) is 3.16. The van der Waals surface area contributed by atoms with Gasteiger partial charge in [0, 0.05) is 17.6 Å². The Balaban J connectivity index is 1.75. The van der Waals surface area contributed by atoms with E-state index >= 15 is 0 Å². The first-order valence-electron chi connectivity index (χ1n) is 9.32. The van der Waals surface area contributed by atoms with Gasteiger partial charge in [-0.3, -0.25) is 19.8 Å². The zero-order chi connectivity index (χ0) is 22.1. The third kappa shape index (κ3) is 3.88. The molecule has 8 heteroatoms. The summed E-state index contributed by atoms with van der Waals surface area (Å²) in [5, 5.41) is 13.8. The number of anilines is 1. The fraction of sp³-hybridized carbons (Fsp3) is 0.0435. The standard InChI is InChI=1S/C23H17N3O4S/c1-14-5-2-8-18(11-14)26-21(28)19(20(27)24-23(26)31)13-17-9-4-10-25(17)16-7-3-6-15(12-16)22(29)30/h2-13H,1H3,(H,29,30)(H,24,27,31)/p-1/b19-13+. The lowest BCUT2D eigenvalue weighted by Crippen LogP contribution is -2.54. The minimum Gasteiger partial charge on any atom is -0.545 e. The van der Waals surface area contributed by atoms with Crippen molar-refractivity contribution >= 4 is 46.9 Å². The molecule has 0 aliphatic carbocycles. The van der Waals surface area contributed by atoms with Crippen molar-refractivity contribution in [3.63, 3.8) is 0 Å². The number of carbonyl (C=O) groups excluding carboxylic acids is 3. The number of amides is 2. The summed E-state index contributed by atoms with van der Waals surface area (Å²) in [6, 6.07) is 16.9. The predicted molar refractivity (Wildman–Crippen MR) is 117 cm³/mol. The topological polar surface area (TPSA) is 94.5 Å². The highest BCUT2D eigenvalue weighted by Gasteiger charge is 2.34. The molecule has 0 spiro atoms. The Morgan fingerprint density at radius 1 is 1.03 bits per heavy atom. The number of carboxylic acid groups (broad SMARTS) is 1. The number of carbonyl (C=O) groups is 3. The lowest BCUT2D eigenvalue weighted by molar-refractivity contribution is -0.255. The lowest BCUT2D eigenvalue weighted by atomic mass is 10.1. The summed E-state index contributed by atoms with van der Waals surface area (Å²) in [5.41, 5.74) is 2.49. The van der Waals surface area contributed by atoms with Crippen LogP contribution < -0.4 is 15.3 Å². The second kappa shape index (κ2) is 8.00. The van der Waals surface area contributed by atoms with Crippen molar-refractivity contribution in [2.24, 2.45) is 0 Å². The van der Waals surface area contributed by atoms with E-state index in [2.05, 4.69) is 5.32 Å². The van der Waals surface area contributed by atoms with E-state index in [9.17, 15) is 19.5 Å². The second-order valence-corrected chi connectivity index (χ2v) is 7.32. The molecule has 0 atom stereocenters. The van der Waals surface area contributed by atoms with E-state index in [0.29, 0.717) is 17.1 Å². The van der Waals surface area contributed by atoms with Crippen molar-refractivity contribution < 1.29 is 19.5 Å². The lowest BCUT2D eigenvalue weighted by Gasteiger charge is -2.29. The maximum Gasteiger partial charge on any atom is 0.270 e. The van der Waals surface area contributed by atoms with Crippen LogP contribution in [0.1, 0.15) is 21.6 Å². The summed E-state index contributed by atoms with van der Waals surface area (Å²) >= 11 is 5.23. The quantitative estimate of drug-likeness (QED) is 0.388. The molecule has 4 rings (SSSR count). The molecule has 1 aliphatic heterocycles. The zero-order valence-corrected chi connectivity index (χ0v) is 17.2. The highest BCUT2D eigenvalue weighted by Crippen LogP contribution is 2.24. The molecule has 0 saturated carbocycles. The van der Waals surface area contributed by atoms with Crippen molar-refractivity contribution in [2.45, 2.75) is 6.92 Å². The molecule has 2 heterocycles. The van der Waals surface area contributed by atoms with Crippen LogP contribution in [-0.4, -0.2) is 27.5 Å². The van der Waals surface area contributed by atoms with Gasteiger partial charge in [-0.1, -0.05) is 24.3 Å². The van der Waals surface area contributed by atoms with E-state index in [1.54, 1.807) is 53.2 Å². The van der Waals surface area contributed by atoms with Gasteiger partial charge in [0.15, 0.2) is 5.11 Å². The molecule has 7 nitrogen and oxygen atoms in total. The molecule has 1 fully saturated rings. The van der Waals surface area contributed by atoms with Gasteiger partial charge in [0.1, 0.15) is 5.57 Å². The SMILES string of the molecule is Cc1cccc(N2C(=O)/C(=C/c3cccn3-c3cccc(C(=O)[O-])c3)C(=O)NC2=S)c1. The summed E-state index contributed by atoms with van der Waals surface area (Å²) in [5.74, 6) is -2.44. The average molecular weight is 430 g/mol. The average Bonchev–Trinajstić information content (AvgIpc) is 3.19. The number of thiocarbonyl (C=S) groups is 1. The first-order chi connectivity index (χ1) is 14.8. The van der Waals surface area contributed by atoms with Crippen molar-refractivity contribution in [1.82, 2.24) is 9.88 Å². The van der Waals surface area contributed by atoms with Crippen LogP contribution in [0.2, 0.25) is 0 Å². The molecule has 2 amide bonds. The largest absolute Gasteiger partial charge is 0.545 e. The molecule has 154 valence electrons. The number of hydrogen-bond donors (Lipinski definition) is 1. The van der Waals surface area contributed by atoms with Crippen LogP contribution in [0.5, 0.6) is 0 Å². The van der Waals surface area contributed by atoms with Gasteiger partial charge in [0.2, 0.25) is 0 Å². The van der Waals surface area contributed by atoms with Gasteiger partial charge in [0.25, 0.3) is 11.8 Å². The number of aromatic carboxylic acids is 1. The first-order valence-corrected chi connectivity index (χ1v) is 9.73. The Labute approximate surface area is 183 Å². The fourth-order valence-corrected chi connectivity index (χ4v) is 3.62. The molecule has 31 heavy (non-hydrogen) atoms. The Morgan fingerprint density at radius 2 is 1.77 bits per heavy atom. The highest BCUT2D eigenvalue weighted by atomic mass is 32.1. The number of aromatic nitrogens is 1. The van der Waals surface area contributed by atoms with E-state index in [4.69, 9.17) is 12.2 Å². The van der Waals surface area contributed by atoms with Crippen LogP contribution in [0.15, 0.2) is 72.4 Å². The van der Waals surface area contributed by atoms with Gasteiger partial charge in [-0.05, 0) is 72.7 Å². The molecule has 1 N–H and O–H groups in total. The van der Waals surface area contributed by atoms with Crippen LogP contribution in [0.25, 0.3) is 11.8 Å². The van der Waals surface area contributed by atoms with Crippen LogP contribution in [-0.2, 0) is 9.59 Å². The van der Waals surface area contributed by atoms with Crippen molar-refractivity contribution in [3.8, 4) is 5.69 Å². The molecule has 0 radical (unpaired) electrons. The monoisotopic (exact) mass is 430 g/mol. The number of nitrogens with zero attached hydrogens (tertiary/aromatic N) is 2. The van der Waals surface area contributed by atoms with Crippen LogP contribution in [0.4, 0.5) is 5.69 Å². The molecule has 3 aromatic rings. The third-order valence-electron chi connectivity index (χ3n) is 4.79. The molecule has 1 aliphatic rings. The molecule has 1 aromatic heterocycles. The normalized spacial score (nSPS) is 15.3. The second-order valence-electron chi connectivity index (χ2n) is 6.94. The number of hydrogen-bond acceptors (Lipinski definition) is 5. The van der Waals surface area contributed by atoms with E-state index < -0.39 is 17.8 Å². The van der Waals surface area contributed by atoms with Gasteiger partial charge < -0.3 is 14.5 Å². The Kier molecular flexibility index (Phi) is 5.22. The van der Waals surface area contributed by atoms with Gasteiger partial charge in [-0.2, -0.15) is 0 Å². The smallest absolute Gasteiger partial charge is 0.270 e. The summed E-state index contributed by atoms with van der Waals surface area (Å²) in [7, 11) is 0. The van der Waals surface area contributed by atoms with Crippen LogP contribution in [0, 0.1) is 6.92 Å². The van der Waals surface area contributed by atoms with Crippen molar-refractivity contribution in [1.29, 1.82) is 0 Å². The van der Waals surface area contributed by atoms with E-state index in [-0.39, 0.29) is 16.2 Å². The number of benzene rings is 2. The van der Waals surface area contributed by atoms with E-state index in [0.717, 1.165) is 5.56 Å².